The summed E-state index contributed by atoms with van der Waals surface area (Å²) in [5.74, 6) is -1.84. The fourth-order valence-electron chi connectivity index (χ4n) is 4.00. The molecule has 0 amide bonds. The highest BCUT2D eigenvalue weighted by atomic mass is 16.7. The summed E-state index contributed by atoms with van der Waals surface area (Å²) in [6.07, 6.45) is -1.11. The van der Waals surface area contributed by atoms with Gasteiger partial charge in [-0.2, -0.15) is 0 Å². The zero-order chi connectivity index (χ0) is 27.5. The molecule has 1 heterocycles. The van der Waals surface area contributed by atoms with Crippen LogP contribution < -0.4 is 0 Å². The molecule has 0 bridgehead atoms. The molecule has 202 valence electrons. The van der Waals surface area contributed by atoms with E-state index in [0.29, 0.717) is 29.5 Å². The molecular weight excluding hydrogens is 500 g/mol. The van der Waals surface area contributed by atoms with Crippen LogP contribution in [0.5, 0.6) is 0 Å². The fourth-order valence-corrected chi connectivity index (χ4v) is 4.00. The van der Waals surface area contributed by atoms with Crippen LogP contribution in [0, 0.1) is 0 Å². The van der Waals surface area contributed by atoms with Gasteiger partial charge in [-0.1, -0.05) is 60.7 Å². The molecule has 39 heavy (non-hydrogen) atoms. The van der Waals surface area contributed by atoms with Crippen molar-refractivity contribution in [3.05, 3.63) is 120 Å². The fraction of sp³-hybridized carbons (Fsp3) is 0.258. The van der Waals surface area contributed by atoms with Crippen LogP contribution in [-0.2, 0) is 23.7 Å². The predicted octanol–water partition coefficient (Wildman–Crippen LogP) is 5.00. The second-order valence-electron chi connectivity index (χ2n) is 8.78. The number of esters is 3. The number of unbranched alkanes of at least 4 members (excludes halogenated alkanes) is 1. The second-order valence-corrected chi connectivity index (χ2v) is 8.78. The minimum Gasteiger partial charge on any atom is -0.459 e. The number of ether oxygens (including phenoxy) is 5. The van der Waals surface area contributed by atoms with Crippen LogP contribution in [0.3, 0.4) is 0 Å². The lowest BCUT2D eigenvalue weighted by Gasteiger charge is -2.24. The summed E-state index contributed by atoms with van der Waals surface area (Å²) in [4.78, 5) is 38.7. The molecular formula is C31H30O8. The molecule has 0 spiro atoms. The molecule has 1 saturated heterocycles. The van der Waals surface area contributed by atoms with Crippen LogP contribution >= 0.6 is 0 Å². The van der Waals surface area contributed by atoms with Gasteiger partial charge in [-0.05, 0) is 49.2 Å². The van der Waals surface area contributed by atoms with Crippen molar-refractivity contribution in [2.75, 3.05) is 13.2 Å². The van der Waals surface area contributed by atoms with Crippen molar-refractivity contribution in [3.8, 4) is 0 Å². The number of carbonyl (C=O) groups excluding carboxylic acids is 3. The Labute approximate surface area is 227 Å². The van der Waals surface area contributed by atoms with Crippen LogP contribution in [0.2, 0.25) is 0 Å². The quantitative estimate of drug-likeness (QED) is 0.140. The van der Waals surface area contributed by atoms with E-state index in [1.54, 1.807) is 97.1 Å². The summed E-state index contributed by atoms with van der Waals surface area (Å²) in [6, 6.07) is 25.3. The van der Waals surface area contributed by atoms with E-state index in [1.165, 1.54) is 0 Å². The molecule has 3 aromatic rings. The Morgan fingerprint density at radius 1 is 0.718 bits per heavy atom. The van der Waals surface area contributed by atoms with Gasteiger partial charge in [-0.25, -0.2) is 14.4 Å². The molecule has 1 fully saturated rings. The van der Waals surface area contributed by atoms with Gasteiger partial charge in [-0.3, -0.25) is 0 Å². The van der Waals surface area contributed by atoms with Gasteiger partial charge in [0.05, 0.1) is 23.3 Å². The van der Waals surface area contributed by atoms with Crippen LogP contribution in [0.4, 0.5) is 0 Å². The number of allylic oxidation sites excluding steroid dienone is 1. The third kappa shape index (κ3) is 7.63. The Hall–Kier alpha value is -4.27. The van der Waals surface area contributed by atoms with Gasteiger partial charge in [0, 0.05) is 0 Å². The Kier molecular flexibility index (Phi) is 9.99. The first-order valence-electron chi connectivity index (χ1n) is 12.7. The van der Waals surface area contributed by atoms with Gasteiger partial charge in [0.25, 0.3) is 0 Å². The molecule has 0 N–H and O–H groups in total. The molecule has 0 radical (unpaired) electrons. The number of rotatable bonds is 12. The smallest absolute Gasteiger partial charge is 0.338 e. The molecule has 0 aromatic heterocycles. The lowest BCUT2D eigenvalue weighted by atomic mass is 10.1. The van der Waals surface area contributed by atoms with E-state index >= 15 is 0 Å². The zero-order valence-corrected chi connectivity index (χ0v) is 21.3. The second kappa shape index (κ2) is 14.0. The van der Waals surface area contributed by atoms with Gasteiger partial charge in [-0.15, -0.1) is 6.58 Å². The third-order valence-electron chi connectivity index (χ3n) is 6.00. The summed E-state index contributed by atoms with van der Waals surface area (Å²) in [7, 11) is 0. The molecule has 0 saturated carbocycles. The zero-order valence-electron chi connectivity index (χ0n) is 21.3. The van der Waals surface area contributed by atoms with Crippen molar-refractivity contribution in [2.24, 2.45) is 0 Å². The number of hydrogen-bond acceptors (Lipinski definition) is 8. The molecule has 1 aliphatic rings. The Morgan fingerprint density at radius 3 is 1.72 bits per heavy atom. The van der Waals surface area contributed by atoms with Crippen molar-refractivity contribution in [3.63, 3.8) is 0 Å². The van der Waals surface area contributed by atoms with Crippen molar-refractivity contribution in [1.29, 1.82) is 0 Å². The van der Waals surface area contributed by atoms with Gasteiger partial charge < -0.3 is 23.7 Å². The summed E-state index contributed by atoms with van der Waals surface area (Å²) in [5, 5.41) is 0. The van der Waals surface area contributed by atoms with Crippen LogP contribution in [-0.4, -0.2) is 55.7 Å². The first-order chi connectivity index (χ1) is 19.1. The predicted molar refractivity (Wildman–Crippen MR) is 142 cm³/mol. The van der Waals surface area contributed by atoms with Gasteiger partial charge in [0.2, 0.25) is 0 Å². The molecule has 8 nitrogen and oxygen atoms in total. The lowest BCUT2D eigenvalue weighted by molar-refractivity contribution is -0.170. The Morgan fingerprint density at radius 2 is 1.21 bits per heavy atom. The molecule has 0 unspecified atom stereocenters. The Balaban J connectivity index is 1.57. The van der Waals surface area contributed by atoms with Crippen molar-refractivity contribution < 1.29 is 38.1 Å². The molecule has 3 aromatic carbocycles. The molecule has 4 rings (SSSR count). The Bertz CT molecular complexity index is 1230. The minimum absolute atomic E-state index is 0.258. The lowest BCUT2D eigenvalue weighted by Crippen LogP contribution is -2.42. The first kappa shape index (κ1) is 27.8. The van der Waals surface area contributed by atoms with Crippen LogP contribution in [0.15, 0.2) is 104 Å². The monoisotopic (exact) mass is 530 g/mol. The minimum atomic E-state index is -1.12. The van der Waals surface area contributed by atoms with E-state index in [-0.39, 0.29) is 13.2 Å². The maximum absolute atomic E-state index is 13.0. The van der Waals surface area contributed by atoms with Crippen molar-refractivity contribution >= 4 is 17.9 Å². The van der Waals surface area contributed by atoms with Crippen molar-refractivity contribution in [2.45, 2.75) is 37.4 Å². The summed E-state index contributed by atoms with van der Waals surface area (Å²) < 4.78 is 29.1. The van der Waals surface area contributed by atoms with E-state index in [4.69, 9.17) is 23.7 Å². The van der Waals surface area contributed by atoms with Crippen LogP contribution in [0.25, 0.3) is 0 Å². The summed E-state index contributed by atoms with van der Waals surface area (Å²) >= 11 is 0. The van der Waals surface area contributed by atoms with Gasteiger partial charge in [0.15, 0.2) is 18.5 Å². The average Bonchev–Trinajstić information content (AvgIpc) is 3.30. The molecule has 8 heteroatoms. The third-order valence-corrected chi connectivity index (χ3v) is 6.00. The van der Waals surface area contributed by atoms with Gasteiger partial charge in [0.1, 0.15) is 12.7 Å². The molecule has 4 atom stereocenters. The van der Waals surface area contributed by atoms with E-state index in [1.807, 2.05) is 0 Å². The maximum atomic E-state index is 13.0. The maximum Gasteiger partial charge on any atom is 0.338 e. The standard InChI is InChI=1S/C31H30O8/c1-2-3-13-20-35-31-27(39-30(34)24-18-11-6-12-19-24)26(38-29(33)23-16-9-5-10-17-23)25(37-31)21-36-28(32)22-14-7-4-8-15-22/h2,4-12,14-19,25-27,31H,1,3,13,20-21H2/t25-,26+,27+,31+/m1/s1. The number of benzene rings is 3. The van der Waals surface area contributed by atoms with Gasteiger partial charge >= 0.3 is 17.9 Å². The van der Waals surface area contributed by atoms with Crippen LogP contribution in [0.1, 0.15) is 43.9 Å². The van der Waals surface area contributed by atoms with E-state index < -0.39 is 42.5 Å². The largest absolute Gasteiger partial charge is 0.459 e. The topological polar surface area (TPSA) is 97.4 Å². The van der Waals surface area contributed by atoms with Crippen molar-refractivity contribution in [1.82, 2.24) is 0 Å². The van der Waals surface area contributed by atoms with E-state index in [2.05, 4.69) is 6.58 Å². The molecule has 1 aliphatic heterocycles. The number of hydrogen-bond donors (Lipinski definition) is 0. The highest BCUT2D eigenvalue weighted by molar-refractivity contribution is 5.91. The highest BCUT2D eigenvalue weighted by Gasteiger charge is 2.51. The van der Waals surface area contributed by atoms with E-state index in [0.717, 1.165) is 0 Å². The SMILES string of the molecule is C=CCCCO[C@H]1O[C@H](COC(=O)c2ccccc2)[C@H](OC(=O)c2ccccc2)[C@@H]1OC(=O)c1ccccc1. The first-order valence-corrected chi connectivity index (χ1v) is 12.7. The average molecular weight is 531 g/mol. The normalized spacial score (nSPS) is 20.1. The highest BCUT2D eigenvalue weighted by Crippen LogP contribution is 2.30. The summed E-state index contributed by atoms with van der Waals surface area (Å²) in [6.45, 7) is 3.73. The van der Waals surface area contributed by atoms with E-state index in [9.17, 15) is 14.4 Å². The summed E-state index contributed by atoms with van der Waals surface area (Å²) in [5.41, 5.74) is 0.980. The number of carbonyl (C=O) groups is 3. The molecule has 0 aliphatic carbocycles.